The summed E-state index contributed by atoms with van der Waals surface area (Å²) in [6.45, 7) is 4.56. The number of carbonyl (C=O) groups is 1. The summed E-state index contributed by atoms with van der Waals surface area (Å²) in [6.07, 6.45) is 1.24. The van der Waals surface area contributed by atoms with Crippen LogP contribution in [-0.2, 0) is 6.54 Å². The Balaban J connectivity index is 2.26. The Morgan fingerprint density at radius 1 is 1.57 bits per heavy atom. The van der Waals surface area contributed by atoms with Crippen molar-refractivity contribution in [1.29, 1.82) is 0 Å². The molecule has 2 aromatic heterocycles. The number of aromatic carboxylic acids is 1. The van der Waals surface area contributed by atoms with Crippen molar-refractivity contribution in [1.82, 2.24) is 9.55 Å². The van der Waals surface area contributed by atoms with Gasteiger partial charge in [0.05, 0.1) is 5.39 Å². The lowest BCUT2D eigenvalue weighted by Crippen LogP contribution is -2.63. The Hall–Kier alpha value is -2.48. The maximum absolute atomic E-state index is 14.4. The molecule has 0 saturated carbocycles. The Labute approximate surface area is 131 Å². The molecule has 1 saturated heterocycles. The minimum Gasteiger partial charge on any atom is -0.477 e. The first kappa shape index (κ1) is 15.4. The van der Waals surface area contributed by atoms with Gasteiger partial charge in [-0.15, -0.1) is 0 Å². The summed E-state index contributed by atoms with van der Waals surface area (Å²) in [5.74, 6) is -1.86. The molecule has 1 fully saturated rings. The molecule has 2 aromatic rings. The molecule has 23 heavy (non-hydrogen) atoms. The van der Waals surface area contributed by atoms with Gasteiger partial charge in [-0.3, -0.25) is 4.79 Å². The van der Waals surface area contributed by atoms with E-state index in [0.29, 0.717) is 13.1 Å². The van der Waals surface area contributed by atoms with E-state index < -0.39 is 22.8 Å². The summed E-state index contributed by atoms with van der Waals surface area (Å²) >= 11 is 0. The highest BCUT2D eigenvalue weighted by atomic mass is 19.1. The van der Waals surface area contributed by atoms with Crippen LogP contribution in [0, 0.1) is 5.82 Å². The normalized spacial score (nSPS) is 20.6. The number of hydrogen-bond acceptors (Lipinski definition) is 5. The van der Waals surface area contributed by atoms with Crippen molar-refractivity contribution >= 4 is 22.8 Å². The standard InChI is InChI=1S/C15H17FN4O3/c1-3-19-5-9(15(22)23)12(21)8-4-10(16)14(18-13(8)19)20-6-11(17)7(20)2/h4-5,7,11H,3,6,17H2,1-2H3,(H,22,23)/t7-,11+/m1/s1. The highest BCUT2D eigenvalue weighted by molar-refractivity contribution is 5.92. The van der Waals surface area contributed by atoms with Crippen LogP contribution >= 0.6 is 0 Å². The quantitative estimate of drug-likeness (QED) is 0.867. The average Bonchev–Trinajstić information content (AvgIpc) is 2.52. The summed E-state index contributed by atoms with van der Waals surface area (Å²) in [7, 11) is 0. The first-order chi connectivity index (χ1) is 10.8. The second-order valence-corrected chi connectivity index (χ2v) is 5.68. The predicted molar refractivity (Wildman–Crippen MR) is 83.4 cm³/mol. The minimum absolute atomic E-state index is 0.0366. The van der Waals surface area contributed by atoms with Crippen LogP contribution in [0.2, 0.25) is 0 Å². The monoisotopic (exact) mass is 320 g/mol. The van der Waals surface area contributed by atoms with Gasteiger partial charge in [0.15, 0.2) is 11.6 Å². The zero-order valence-corrected chi connectivity index (χ0v) is 12.8. The number of nitrogens with two attached hydrogens (primary N) is 1. The first-order valence-corrected chi connectivity index (χ1v) is 7.34. The molecule has 3 rings (SSSR count). The fraction of sp³-hybridized carbons (Fsp3) is 0.400. The number of hydrogen-bond donors (Lipinski definition) is 2. The maximum Gasteiger partial charge on any atom is 0.341 e. The highest BCUT2D eigenvalue weighted by Gasteiger charge is 2.35. The molecule has 0 radical (unpaired) electrons. The third-order valence-electron chi connectivity index (χ3n) is 4.35. The fourth-order valence-electron chi connectivity index (χ4n) is 2.79. The van der Waals surface area contributed by atoms with Gasteiger partial charge in [-0.2, -0.15) is 0 Å². The Kier molecular flexibility index (Phi) is 3.56. The van der Waals surface area contributed by atoms with Crippen LogP contribution < -0.4 is 16.1 Å². The molecular weight excluding hydrogens is 303 g/mol. The number of carboxylic acids is 1. The van der Waals surface area contributed by atoms with Crippen molar-refractivity contribution in [3.8, 4) is 0 Å². The third-order valence-corrected chi connectivity index (χ3v) is 4.35. The SMILES string of the molecule is CCn1cc(C(=O)O)c(=O)c2cc(F)c(N3C[C@H](N)[C@H]3C)nc21. The Morgan fingerprint density at radius 2 is 2.26 bits per heavy atom. The topological polar surface area (TPSA) is 101 Å². The molecular formula is C15H17FN4O3. The van der Waals surface area contributed by atoms with E-state index in [1.54, 1.807) is 11.8 Å². The molecule has 0 unspecified atom stereocenters. The van der Waals surface area contributed by atoms with E-state index in [9.17, 15) is 14.0 Å². The van der Waals surface area contributed by atoms with E-state index in [2.05, 4.69) is 4.98 Å². The second-order valence-electron chi connectivity index (χ2n) is 5.68. The maximum atomic E-state index is 14.4. The molecule has 0 amide bonds. The van der Waals surface area contributed by atoms with Crippen LogP contribution in [0.4, 0.5) is 10.2 Å². The van der Waals surface area contributed by atoms with E-state index in [1.165, 1.54) is 10.8 Å². The summed E-state index contributed by atoms with van der Waals surface area (Å²) < 4.78 is 15.9. The number of aryl methyl sites for hydroxylation is 1. The largest absolute Gasteiger partial charge is 0.477 e. The van der Waals surface area contributed by atoms with Gasteiger partial charge < -0.3 is 20.3 Å². The molecule has 1 aliphatic heterocycles. The number of rotatable bonds is 3. The van der Waals surface area contributed by atoms with Crippen LogP contribution in [0.5, 0.6) is 0 Å². The van der Waals surface area contributed by atoms with Crippen molar-refractivity contribution in [3.63, 3.8) is 0 Å². The molecule has 122 valence electrons. The second kappa shape index (κ2) is 5.31. The lowest BCUT2D eigenvalue weighted by molar-refractivity contribution is 0.0695. The zero-order chi connectivity index (χ0) is 16.9. The molecule has 0 aromatic carbocycles. The van der Waals surface area contributed by atoms with Gasteiger partial charge in [0, 0.05) is 31.4 Å². The summed E-state index contributed by atoms with van der Waals surface area (Å²) in [5, 5.41) is 9.08. The number of fused-ring (bicyclic) bond motifs is 1. The van der Waals surface area contributed by atoms with E-state index in [1.807, 2.05) is 6.92 Å². The van der Waals surface area contributed by atoms with Gasteiger partial charge in [0.2, 0.25) is 5.43 Å². The molecule has 1 aliphatic rings. The lowest BCUT2D eigenvalue weighted by Gasteiger charge is -2.45. The van der Waals surface area contributed by atoms with Crippen LogP contribution in [0.15, 0.2) is 17.1 Å². The van der Waals surface area contributed by atoms with Gasteiger partial charge in [-0.1, -0.05) is 0 Å². The van der Waals surface area contributed by atoms with Crippen LogP contribution in [0.1, 0.15) is 24.2 Å². The predicted octanol–water partition coefficient (Wildman–Crippen LogP) is 0.790. The van der Waals surface area contributed by atoms with E-state index in [0.717, 1.165) is 6.07 Å². The summed E-state index contributed by atoms with van der Waals surface area (Å²) in [4.78, 5) is 29.4. The first-order valence-electron chi connectivity index (χ1n) is 7.34. The van der Waals surface area contributed by atoms with Gasteiger partial charge >= 0.3 is 5.97 Å². The summed E-state index contributed by atoms with van der Waals surface area (Å²) in [5.41, 5.74) is 4.97. The number of aromatic nitrogens is 2. The summed E-state index contributed by atoms with van der Waals surface area (Å²) in [6, 6.07) is 0.971. The molecule has 7 nitrogen and oxygen atoms in total. The molecule has 0 bridgehead atoms. The highest BCUT2D eigenvalue weighted by Crippen LogP contribution is 2.28. The number of carboxylic acid groups (broad SMARTS) is 1. The third kappa shape index (κ3) is 2.26. The van der Waals surface area contributed by atoms with Gasteiger partial charge in [0.1, 0.15) is 11.2 Å². The Morgan fingerprint density at radius 3 is 2.78 bits per heavy atom. The van der Waals surface area contributed by atoms with Crippen molar-refractivity contribution in [2.24, 2.45) is 5.73 Å². The van der Waals surface area contributed by atoms with Crippen LogP contribution in [0.3, 0.4) is 0 Å². The van der Waals surface area contributed by atoms with Gasteiger partial charge in [-0.05, 0) is 19.9 Å². The van der Waals surface area contributed by atoms with E-state index >= 15 is 0 Å². The van der Waals surface area contributed by atoms with Crippen molar-refractivity contribution in [3.05, 3.63) is 33.9 Å². The van der Waals surface area contributed by atoms with Gasteiger partial charge in [0.25, 0.3) is 0 Å². The minimum atomic E-state index is -1.34. The van der Waals surface area contributed by atoms with Crippen LogP contribution in [0.25, 0.3) is 11.0 Å². The number of pyridine rings is 2. The molecule has 8 heteroatoms. The molecule has 2 atom stereocenters. The van der Waals surface area contributed by atoms with Crippen molar-refractivity contribution in [2.75, 3.05) is 11.4 Å². The molecule has 0 aliphatic carbocycles. The zero-order valence-electron chi connectivity index (χ0n) is 12.8. The van der Waals surface area contributed by atoms with E-state index in [-0.39, 0.29) is 28.9 Å². The molecule has 3 N–H and O–H groups in total. The molecule has 0 spiro atoms. The fourth-order valence-corrected chi connectivity index (χ4v) is 2.79. The number of nitrogens with zero attached hydrogens (tertiary/aromatic N) is 3. The average molecular weight is 320 g/mol. The smallest absolute Gasteiger partial charge is 0.341 e. The van der Waals surface area contributed by atoms with E-state index in [4.69, 9.17) is 10.8 Å². The molecule has 3 heterocycles. The Bertz CT molecular complexity index is 864. The number of anilines is 1. The van der Waals surface area contributed by atoms with Gasteiger partial charge in [-0.25, -0.2) is 14.2 Å². The van der Waals surface area contributed by atoms with Crippen molar-refractivity contribution < 1.29 is 14.3 Å². The lowest BCUT2D eigenvalue weighted by atomic mass is 9.99. The van der Waals surface area contributed by atoms with Crippen molar-refractivity contribution in [2.45, 2.75) is 32.5 Å². The number of halogens is 1. The van der Waals surface area contributed by atoms with Crippen LogP contribution in [-0.4, -0.2) is 39.3 Å².